The normalized spacial score (nSPS) is 10.0. The molecule has 0 amide bonds. The van der Waals surface area contributed by atoms with Crippen LogP contribution in [0.2, 0.25) is 0 Å². The van der Waals surface area contributed by atoms with Gasteiger partial charge in [-0.3, -0.25) is 4.98 Å². The Morgan fingerprint density at radius 3 is 2.84 bits per heavy atom. The molecule has 2 rings (SSSR count). The molecular formula is C13H12FN3OS. The molecule has 0 atom stereocenters. The molecule has 0 unspecified atom stereocenters. The van der Waals surface area contributed by atoms with Gasteiger partial charge in [0.25, 0.3) is 0 Å². The minimum atomic E-state index is -0.431. The van der Waals surface area contributed by atoms with Crippen molar-refractivity contribution in [2.24, 2.45) is 5.73 Å². The van der Waals surface area contributed by atoms with Gasteiger partial charge in [0.2, 0.25) is 0 Å². The fourth-order valence-corrected chi connectivity index (χ4v) is 1.72. The molecule has 2 aromatic rings. The number of pyridine rings is 1. The predicted octanol–water partition coefficient (Wildman–Crippen LogP) is 2.55. The molecule has 0 aliphatic rings. The third-order valence-corrected chi connectivity index (χ3v) is 2.59. The van der Waals surface area contributed by atoms with E-state index in [1.54, 1.807) is 37.6 Å². The zero-order valence-corrected chi connectivity index (χ0v) is 11.0. The Balaban J connectivity index is 2.41. The molecule has 0 aliphatic heterocycles. The quantitative estimate of drug-likeness (QED) is 0.844. The highest BCUT2D eigenvalue weighted by Crippen LogP contribution is 2.25. The molecule has 0 spiro atoms. The van der Waals surface area contributed by atoms with Gasteiger partial charge in [-0.25, -0.2) is 4.39 Å². The van der Waals surface area contributed by atoms with E-state index in [0.29, 0.717) is 11.4 Å². The number of halogens is 1. The number of methoxy groups -OCH3 is 1. The highest BCUT2D eigenvalue weighted by Gasteiger charge is 2.07. The summed E-state index contributed by atoms with van der Waals surface area (Å²) in [6.45, 7) is 0. The zero-order chi connectivity index (χ0) is 13.8. The second kappa shape index (κ2) is 5.62. The smallest absolute Gasteiger partial charge is 0.168 e. The number of rotatable bonds is 3. The van der Waals surface area contributed by atoms with Crippen LogP contribution in [-0.2, 0) is 0 Å². The lowest BCUT2D eigenvalue weighted by Gasteiger charge is -2.08. The second-order valence-electron chi connectivity index (χ2n) is 3.76. The van der Waals surface area contributed by atoms with Crippen LogP contribution in [-0.4, -0.2) is 17.2 Å². The summed E-state index contributed by atoms with van der Waals surface area (Å²) in [5.41, 5.74) is 6.97. The Labute approximate surface area is 115 Å². The molecule has 0 aliphatic carbocycles. The maximum absolute atomic E-state index is 13.6. The van der Waals surface area contributed by atoms with Crippen molar-refractivity contribution < 1.29 is 9.13 Å². The monoisotopic (exact) mass is 277 g/mol. The van der Waals surface area contributed by atoms with Gasteiger partial charge in [-0.1, -0.05) is 0 Å². The molecule has 19 heavy (non-hydrogen) atoms. The molecule has 0 saturated heterocycles. The molecule has 1 aromatic heterocycles. The number of benzene rings is 1. The average Bonchev–Trinajstić information content (AvgIpc) is 2.41. The first-order valence-electron chi connectivity index (χ1n) is 5.46. The molecule has 0 radical (unpaired) electrons. The molecule has 6 heteroatoms. The lowest BCUT2D eigenvalue weighted by molar-refractivity contribution is 0.414. The Hall–Kier alpha value is -2.21. The third-order valence-electron chi connectivity index (χ3n) is 2.49. The van der Waals surface area contributed by atoms with Gasteiger partial charge >= 0.3 is 0 Å². The van der Waals surface area contributed by atoms with Crippen LogP contribution in [0, 0.1) is 5.82 Å². The Morgan fingerprint density at radius 2 is 2.16 bits per heavy atom. The van der Waals surface area contributed by atoms with Crippen LogP contribution in [0.4, 0.5) is 10.1 Å². The SMILES string of the molecule is COc1ccnc(-c2ccc(F)c(NC(N)=S)c2)c1. The third kappa shape index (κ3) is 3.17. The number of hydrogen-bond acceptors (Lipinski definition) is 3. The average molecular weight is 277 g/mol. The van der Waals surface area contributed by atoms with Crippen molar-refractivity contribution in [1.29, 1.82) is 0 Å². The van der Waals surface area contributed by atoms with Crippen molar-refractivity contribution in [2.75, 3.05) is 12.4 Å². The van der Waals surface area contributed by atoms with Crippen LogP contribution in [0.1, 0.15) is 0 Å². The van der Waals surface area contributed by atoms with Crippen molar-refractivity contribution >= 4 is 23.0 Å². The second-order valence-corrected chi connectivity index (χ2v) is 4.20. The molecule has 0 saturated carbocycles. The van der Waals surface area contributed by atoms with E-state index >= 15 is 0 Å². The number of nitrogens with zero attached hydrogens (tertiary/aromatic N) is 1. The first-order valence-corrected chi connectivity index (χ1v) is 5.87. The fourth-order valence-electron chi connectivity index (χ4n) is 1.61. The Bertz CT molecular complexity index is 619. The number of nitrogens with one attached hydrogen (secondary N) is 1. The van der Waals surface area contributed by atoms with Crippen LogP contribution in [0.25, 0.3) is 11.3 Å². The van der Waals surface area contributed by atoms with Crippen molar-refractivity contribution in [3.8, 4) is 17.0 Å². The summed E-state index contributed by atoms with van der Waals surface area (Å²) in [7, 11) is 1.57. The molecule has 0 fully saturated rings. The molecule has 0 bridgehead atoms. The van der Waals surface area contributed by atoms with Crippen LogP contribution < -0.4 is 15.8 Å². The van der Waals surface area contributed by atoms with Crippen molar-refractivity contribution in [1.82, 2.24) is 4.98 Å². The van der Waals surface area contributed by atoms with Gasteiger partial charge in [-0.15, -0.1) is 0 Å². The van der Waals surface area contributed by atoms with E-state index in [1.807, 2.05) is 0 Å². The Morgan fingerprint density at radius 1 is 1.37 bits per heavy atom. The molecule has 98 valence electrons. The van der Waals surface area contributed by atoms with Gasteiger partial charge in [0.15, 0.2) is 5.11 Å². The van der Waals surface area contributed by atoms with Crippen LogP contribution in [0.5, 0.6) is 5.75 Å². The van der Waals surface area contributed by atoms with Gasteiger partial charge in [0.05, 0.1) is 18.5 Å². The largest absolute Gasteiger partial charge is 0.497 e. The van der Waals surface area contributed by atoms with E-state index in [4.69, 9.17) is 22.7 Å². The molecule has 1 heterocycles. The molecule has 4 nitrogen and oxygen atoms in total. The lowest BCUT2D eigenvalue weighted by Crippen LogP contribution is -2.19. The number of ether oxygens (including phenoxy) is 1. The van der Waals surface area contributed by atoms with Crippen LogP contribution in [0.3, 0.4) is 0 Å². The fraction of sp³-hybridized carbons (Fsp3) is 0.0769. The first kappa shape index (κ1) is 13.2. The highest BCUT2D eigenvalue weighted by atomic mass is 32.1. The van der Waals surface area contributed by atoms with Crippen LogP contribution in [0.15, 0.2) is 36.5 Å². The topological polar surface area (TPSA) is 60.2 Å². The van der Waals surface area contributed by atoms with E-state index in [0.717, 1.165) is 5.56 Å². The number of nitrogens with two attached hydrogens (primary N) is 1. The van der Waals surface area contributed by atoms with E-state index < -0.39 is 5.82 Å². The van der Waals surface area contributed by atoms with Gasteiger partial charge in [0, 0.05) is 17.8 Å². The summed E-state index contributed by atoms with van der Waals surface area (Å²) in [6.07, 6.45) is 1.62. The highest BCUT2D eigenvalue weighted by molar-refractivity contribution is 7.80. The van der Waals surface area contributed by atoms with Gasteiger partial charge < -0.3 is 15.8 Å². The zero-order valence-electron chi connectivity index (χ0n) is 10.2. The molecular weight excluding hydrogens is 265 g/mol. The summed E-state index contributed by atoms with van der Waals surface area (Å²) in [5, 5.41) is 2.60. The number of hydrogen-bond donors (Lipinski definition) is 2. The van der Waals surface area contributed by atoms with Crippen LogP contribution >= 0.6 is 12.2 Å². The van der Waals surface area contributed by atoms with Gasteiger partial charge in [0.1, 0.15) is 11.6 Å². The summed E-state index contributed by atoms with van der Waals surface area (Å²) in [4.78, 5) is 4.21. The summed E-state index contributed by atoms with van der Waals surface area (Å²) in [6, 6.07) is 8.05. The van der Waals surface area contributed by atoms with Crippen molar-refractivity contribution in [2.45, 2.75) is 0 Å². The maximum Gasteiger partial charge on any atom is 0.168 e. The number of thiocarbonyl (C=S) groups is 1. The van der Waals surface area contributed by atoms with Gasteiger partial charge in [-0.05, 0) is 36.5 Å². The lowest BCUT2D eigenvalue weighted by atomic mass is 10.1. The number of anilines is 1. The minimum absolute atomic E-state index is 0.00894. The maximum atomic E-state index is 13.6. The number of aromatic nitrogens is 1. The van der Waals surface area contributed by atoms with Gasteiger partial charge in [-0.2, -0.15) is 0 Å². The van der Waals surface area contributed by atoms with Crippen molar-refractivity contribution in [3.63, 3.8) is 0 Å². The first-order chi connectivity index (χ1) is 9.10. The predicted molar refractivity (Wildman–Crippen MR) is 76.6 cm³/mol. The summed E-state index contributed by atoms with van der Waals surface area (Å²) in [5.74, 6) is 0.248. The standard InChI is InChI=1S/C13H12FN3OS/c1-18-9-4-5-16-11(7-9)8-2-3-10(14)12(6-8)17-13(15)19/h2-7H,1H3,(H3,15,17,19). The summed E-state index contributed by atoms with van der Waals surface area (Å²) < 4.78 is 18.7. The van der Waals surface area contributed by atoms with E-state index in [1.165, 1.54) is 6.07 Å². The van der Waals surface area contributed by atoms with Crippen molar-refractivity contribution in [3.05, 3.63) is 42.3 Å². The minimum Gasteiger partial charge on any atom is -0.497 e. The molecule has 3 N–H and O–H groups in total. The van der Waals surface area contributed by atoms with E-state index in [9.17, 15) is 4.39 Å². The molecule has 1 aromatic carbocycles. The Kier molecular flexibility index (Phi) is 3.91. The van der Waals surface area contributed by atoms with E-state index in [-0.39, 0.29) is 10.8 Å². The summed E-state index contributed by atoms with van der Waals surface area (Å²) >= 11 is 4.70. The van der Waals surface area contributed by atoms with E-state index in [2.05, 4.69) is 10.3 Å².